The summed E-state index contributed by atoms with van der Waals surface area (Å²) in [7, 11) is 2.07. The smallest absolute Gasteiger partial charge is 0.409 e. The highest BCUT2D eigenvalue weighted by Gasteiger charge is 2.19. The van der Waals surface area contributed by atoms with E-state index < -0.39 is 0 Å². The van der Waals surface area contributed by atoms with Crippen LogP contribution in [0.2, 0.25) is 0 Å². The summed E-state index contributed by atoms with van der Waals surface area (Å²) in [5.41, 5.74) is 0. The van der Waals surface area contributed by atoms with Crippen LogP contribution >= 0.6 is 11.8 Å². The molecule has 0 aromatic heterocycles. The van der Waals surface area contributed by atoms with Gasteiger partial charge in [-0.25, -0.2) is 4.79 Å². The highest BCUT2D eigenvalue weighted by atomic mass is 32.2. The zero-order valence-corrected chi connectivity index (χ0v) is 10.4. The van der Waals surface area contributed by atoms with Gasteiger partial charge in [0.05, 0.1) is 0 Å². The van der Waals surface area contributed by atoms with Crippen molar-refractivity contribution in [1.29, 1.82) is 0 Å². The zero-order valence-electron chi connectivity index (χ0n) is 9.57. The van der Waals surface area contributed by atoms with Gasteiger partial charge in [-0.3, -0.25) is 0 Å². The normalized spacial score (nSPS) is 17.9. The fourth-order valence-electron chi connectivity index (χ4n) is 1.41. The van der Waals surface area contributed by atoms with Crippen LogP contribution in [0, 0.1) is 0 Å². The molecule has 5 heteroatoms. The molecule has 0 bridgehead atoms. The molecule has 0 aromatic carbocycles. The second-order valence-corrected chi connectivity index (χ2v) is 5.00. The second-order valence-electron chi connectivity index (χ2n) is 3.60. The summed E-state index contributed by atoms with van der Waals surface area (Å²) in [6, 6.07) is 0. The summed E-state index contributed by atoms with van der Waals surface area (Å²) >= 11 is 1.79. The molecule has 0 aliphatic carbocycles. The average molecular weight is 232 g/mol. The number of carbonyl (C=O) groups excluding carboxylic acids is 1. The summed E-state index contributed by atoms with van der Waals surface area (Å²) in [6.45, 7) is 6.10. The van der Waals surface area contributed by atoms with E-state index in [1.165, 1.54) is 0 Å². The van der Waals surface area contributed by atoms with E-state index in [1.807, 2.05) is 0 Å². The molecular weight excluding hydrogens is 212 g/mol. The summed E-state index contributed by atoms with van der Waals surface area (Å²) in [6.07, 6.45) is -0.153. The number of hydrogen-bond donors (Lipinski definition) is 0. The van der Waals surface area contributed by atoms with Crippen LogP contribution in [-0.2, 0) is 4.74 Å². The van der Waals surface area contributed by atoms with Crippen molar-refractivity contribution in [3.8, 4) is 0 Å². The quantitative estimate of drug-likeness (QED) is 0.680. The molecule has 0 atom stereocenters. The number of ether oxygens (including phenoxy) is 1. The minimum absolute atomic E-state index is 0.153. The first kappa shape index (κ1) is 12.6. The Morgan fingerprint density at radius 2 is 2.00 bits per heavy atom. The van der Waals surface area contributed by atoms with E-state index in [0.717, 1.165) is 37.7 Å². The van der Waals surface area contributed by atoms with Crippen LogP contribution in [0.1, 0.15) is 6.92 Å². The Labute approximate surface area is 95.9 Å². The Balaban J connectivity index is 2.11. The molecule has 4 nitrogen and oxygen atoms in total. The van der Waals surface area contributed by atoms with E-state index in [2.05, 4.69) is 18.9 Å². The predicted molar refractivity (Wildman–Crippen MR) is 63.4 cm³/mol. The summed E-state index contributed by atoms with van der Waals surface area (Å²) in [4.78, 5) is 15.6. The standard InChI is InChI=1S/C10H20N2O2S/c1-3-15-9-8-14-10(13)12-6-4-11(2)5-7-12/h3-9H2,1-2H3. The van der Waals surface area contributed by atoms with Crippen LogP contribution in [0.4, 0.5) is 4.79 Å². The van der Waals surface area contributed by atoms with Gasteiger partial charge in [0.2, 0.25) is 0 Å². The van der Waals surface area contributed by atoms with E-state index in [-0.39, 0.29) is 6.09 Å². The molecular formula is C10H20N2O2S. The predicted octanol–water partition coefficient (Wildman–Crippen LogP) is 1.12. The molecule has 1 fully saturated rings. The minimum Gasteiger partial charge on any atom is -0.449 e. The van der Waals surface area contributed by atoms with Crippen molar-refractivity contribution in [2.75, 3.05) is 51.3 Å². The maximum atomic E-state index is 11.5. The van der Waals surface area contributed by atoms with Gasteiger partial charge in [-0.2, -0.15) is 11.8 Å². The Kier molecular flexibility index (Phi) is 5.86. The lowest BCUT2D eigenvalue weighted by Gasteiger charge is -2.31. The largest absolute Gasteiger partial charge is 0.449 e. The first-order valence-corrected chi connectivity index (χ1v) is 6.57. The third-order valence-electron chi connectivity index (χ3n) is 2.42. The van der Waals surface area contributed by atoms with Crippen molar-refractivity contribution in [2.24, 2.45) is 0 Å². The number of hydrogen-bond acceptors (Lipinski definition) is 4. The van der Waals surface area contributed by atoms with Gasteiger partial charge in [0.15, 0.2) is 0 Å². The fraction of sp³-hybridized carbons (Fsp3) is 0.900. The number of thioether (sulfide) groups is 1. The Hall–Kier alpha value is -0.420. The Bertz CT molecular complexity index is 194. The molecule has 1 rings (SSSR count). The van der Waals surface area contributed by atoms with Gasteiger partial charge in [0.25, 0.3) is 0 Å². The second kappa shape index (κ2) is 6.95. The number of likely N-dealkylation sites (N-methyl/N-ethyl adjacent to an activating group) is 1. The molecule has 0 unspecified atom stereocenters. The third-order valence-corrected chi connectivity index (χ3v) is 3.28. The Morgan fingerprint density at radius 1 is 1.33 bits per heavy atom. The van der Waals surface area contributed by atoms with Gasteiger partial charge < -0.3 is 14.5 Å². The van der Waals surface area contributed by atoms with Crippen molar-refractivity contribution >= 4 is 17.9 Å². The van der Waals surface area contributed by atoms with Gasteiger partial charge in [-0.1, -0.05) is 6.92 Å². The van der Waals surface area contributed by atoms with E-state index in [9.17, 15) is 4.79 Å². The maximum absolute atomic E-state index is 11.5. The molecule has 1 amide bonds. The molecule has 1 aliphatic rings. The van der Waals surface area contributed by atoms with E-state index >= 15 is 0 Å². The maximum Gasteiger partial charge on any atom is 0.409 e. The molecule has 0 radical (unpaired) electrons. The molecule has 1 saturated heterocycles. The van der Waals surface area contributed by atoms with Crippen LogP contribution in [0.25, 0.3) is 0 Å². The summed E-state index contributed by atoms with van der Waals surface area (Å²) in [5, 5.41) is 0. The summed E-state index contributed by atoms with van der Waals surface area (Å²) < 4.78 is 5.17. The molecule has 88 valence electrons. The van der Waals surface area contributed by atoms with Gasteiger partial charge in [-0.05, 0) is 12.8 Å². The van der Waals surface area contributed by atoms with E-state index in [0.29, 0.717) is 6.61 Å². The van der Waals surface area contributed by atoms with Crippen LogP contribution in [-0.4, -0.2) is 67.2 Å². The highest BCUT2D eigenvalue weighted by Crippen LogP contribution is 2.03. The monoisotopic (exact) mass is 232 g/mol. The topological polar surface area (TPSA) is 32.8 Å². The molecule has 0 saturated carbocycles. The highest BCUT2D eigenvalue weighted by molar-refractivity contribution is 7.99. The lowest BCUT2D eigenvalue weighted by Crippen LogP contribution is -2.47. The van der Waals surface area contributed by atoms with Gasteiger partial charge >= 0.3 is 6.09 Å². The van der Waals surface area contributed by atoms with Crippen LogP contribution in [0.15, 0.2) is 0 Å². The van der Waals surface area contributed by atoms with Crippen molar-refractivity contribution < 1.29 is 9.53 Å². The number of piperazine rings is 1. The number of nitrogens with zero attached hydrogens (tertiary/aromatic N) is 2. The lowest BCUT2D eigenvalue weighted by molar-refractivity contribution is 0.0863. The SMILES string of the molecule is CCSCCOC(=O)N1CCN(C)CC1. The molecule has 15 heavy (non-hydrogen) atoms. The van der Waals surface area contributed by atoms with E-state index in [4.69, 9.17) is 4.74 Å². The van der Waals surface area contributed by atoms with Crippen LogP contribution in [0.5, 0.6) is 0 Å². The molecule has 1 aliphatic heterocycles. The lowest BCUT2D eigenvalue weighted by atomic mass is 10.3. The first-order valence-electron chi connectivity index (χ1n) is 5.42. The third kappa shape index (κ3) is 4.75. The molecule has 0 spiro atoms. The molecule has 1 heterocycles. The Morgan fingerprint density at radius 3 is 2.60 bits per heavy atom. The van der Waals surface area contributed by atoms with Gasteiger partial charge in [-0.15, -0.1) is 0 Å². The van der Waals surface area contributed by atoms with Crippen molar-refractivity contribution in [3.05, 3.63) is 0 Å². The number of amides is 1. The van der Waals surface area contributed by atoms with Crippen molar-refractivity contribution in [3.63, 3.8) is 0 Å². The molecule has 0 aromatic rings. The zero-order chi connectivity index (χ0) is 11.1. The van der Waals surface area contributed by atoms with E-state index in [1.54, 1.807) is 16.7 Å². The van der Waals surface area contributed by atoms with Gasteiger partial charge in [0.1, 0.15) is 6.61 Å². The minimum atomic E-state index is -0.153. The number of rotatable bonds is 4. The van der Waals surface area contributed by atoms with Crippen LogP contribution in [0.3, 0.4) is 0 Å². The first-order chi connectivity index (χ1) is 7.24. The van der Waals surface area contributed by atoms with Gasteiger partial charge in [0, 0.05) is 31.9 Å². The van der Waals surface area contributed by atoms with Crippen molar-refractivity contribution in [2.45, 2.75) is 6.92 Å². The average Bonchev–Trinajstić information content (AvgIpc) is 2.25. The molecule has 0 N–H and O–H groups in total. The van der Waals surface area contributed by atoms with Crippen LogP contribution < -0.4 is 0 Å². The number of carbonyl (C=O) groups is 1. The summed E-state index contributed by atoms with van der Waals surface area (Å²) in [5.74, 6) is 1.97. The van der Waals surface area contributed by atoms with Crippen molar-refractivity contribution in [1.82, 2.24) is 9.80 Å². The fourth-order valence-corrected chi connectivity index (χ4v) is 1.90.